The molecule has 180 valence electrons. The highest BCUT2D eigenvalue weighted by Gasteiger charge is 2.29. The molecule has 1 aromatic carbocycles. The van der Waals surface area contributed by atoms with E-state index in [1.54, 1.807) is 0 Å². The van der Waals surface area contributed by atoms with Crippen molar-refractivity contribution in [2.75, 3.05) is 44.0 Å². The molecule has 0 bridgehead atoms. The second-order valence-corrected chi connectivity index (χ2v) is 8.38. The summed E-state index contributed by atoms with van der Waals surface area (Å²) in [7, 11) is 1.52. The van der Waals surface area contributed by atoms with Crippen LogP contribution in [0, 0.1) is 0 Å². The van der Waals surface area contributed by atoms with Gasteiger partial charge in [0.25, 0.3) is 5.56 Å². The molecule has 0 aliphatic carbocycles. The molecule has 0 spiro atoms. The number of ether oxygens (including phenoxy) is 1. The molecule has 1 aliphatic rings. The molecule has 0 fully saturated rings. The van der Waals surface area contributed by atoms with Gasteiger partial charge >= 0.3 is 5.69 Å². The third kappa shape index (κ3) is 4.68. The molecule has 0 saturated heterocycles. The summed E-state index contributed by atoms with van der Waals surface area (Å²) in [5, 5.41) is 0. The smallest absolute Gasteiger partial charge is 0.330 e. The summed E-state index contributed by atoms with van der Waals surface area (Å²) in [5.41, 5.74) is 6.96. The molecular weight excluding hydrogens is 436 g/mol. The van der Waals surface area contributed by atoms with Crippen LogP contribution in [0.4, 0.5) is 11.5 Å². The highest BCUT2D eigenvalue weighted by molar-refractivity contribution is 5.96. The van der Waals surface area contributed by atoms with E-state index in [-0.39, 0.29) is 49.7 Å². The van der Waals surface area contributed by atoms with Crippen LogP contribution in [0.1, 0.15) is 24.2 Å². The van der Waals surface area contributed by atoms with Crippen molar-refractivity contribution in [3.8, 4) is 0 Å². The fourth-order valence-corrected chi connectivity index (χ4v) is 4.41. The number of carbonyl (C=O) groups is 1. The number of aromatic amines is 1. The van der Waals surface area contributed by atoms with Crippen LogP contribution in [0.3, 0.4) is 0 Å². The largest absolute Gasteiger partial charge is 0.383 e. The van der Waals surface area contributed by atoms with Crippen LogP contribution in [0.25, 0.3) is 0 Å². The standard InChI is InChI=1S/C24H30N6O4/c1-17-19-9-6-10-27(19)11-12-28(17)16-20(31)29(13-14-34-2)21-22(25)30(24(33)26-23(21)32)15-18-7-4-3-5-8-18/h3-10,17H,11-16,25H2,1-2H3,(H,26,32,33). The van der Waals surface area contributed by atoms with E-state index in [2.05, 4.69) is 21.4 Å². The maximum atomic E-state index is 13.5. The van der Waals surface area contributed by atoms with Gasteiger partial charge in [-0.1, -0.05) is 30.3 Å². The van der Waals surface area contributed by atoms with Crippen LogP contribution in [0.15, 0.2) is 58.3 Å². The molecule has 3 heterocycles. The molecule has 10 heteroatoms. The van der Waals surface area contributed by atoms with Gasteiger partial charge in [0, 0.05) is 44.7 Å². The maximum Gasteiger partial charge on any atom is 0.330 e. The Morgan fingerprint density at radius 3 is 2.68 bits per heavy atom. The van der Waals surface area contributed by atoms with Gasteiger partial charge in [-0.25, -0.2) is 4.79 Å². The van der Waals surface area contributed by atoms with Crippen LogP contribution >= 0.6 is 0 Å². The predicted molar refractivity (Wildman–Crippen MR) is 130 cm³/mol. The average Bonchev–Trinajstić information content (AvgIpc) is 3.31. The highest BCUT2D eigenvalue weighted by Crippen LogP contribution is 2.26. The zero-order valence-corrected chi connectivity index (χ0v) is 19.4. The van der Waals surface area contributed by atoms with E-state index in [9.17, 15) is 14.4 Å². The number of hydrogen-bond acceptors (Lipinski definition) is 6. The monoisotopic (exact) mass is 466 g/mol. The van der Waals surface area contributed by atoms with Crippen molar-refractivity contribution in [3.63, 3.8) is 0 Å². The zero-order valence-electron chi connectivity index (χ0n) is 19.4. The molecule has 3 N–H and O–H groups in total. The van der Waals surface area contributed by atoms with Crippen molar-refractivity contribution in [2.45, 2.75) is 26.1 Å². The first kappa shape index (κ1) is 23.5. The number of aromatic nitrogens is 3. The Balaban J connectivity index is 1.65. The number of methoxy groups -OCH3 is 1. The van der Waals surface area contributed by atoms with Gasteiger partial charge in [0.1, 0.15) is 5.82 Å². The first-order chi connectivity index (χ1) is 16.4. The lowest BCUT2D eigenvalue weighted by Gasteiger charge is -2.35. The number of benzene rings is 1. The topological polar surface area (TPSA) is 119 Å². The quantitative estimate of drug-likeness (QED) is 0.512. The number of nitrogens with one attached hydrogen (secondary N) is 1. The van der Waals surface area contributed by atoms with Crippen LogP contribution in [-0.4, -0.2) is 58.3 Å². The fraction of sp³-hybridized carbons (Fsp3) is 0.375. The molecule has 0 radical (unpaired) electrons. The van der Waals surface area contributed by atoms with E-state index in [1.165, 1.54) is 16.6 Å². The van der Waals surface area contributed by atoms with Crippen molar-refractivity contribution >= 4 is 17.4 Å². The number of fused-ring (bicyclic) bond motifs is 1. The first-order valence-electron chi connectivity index (χ1n) is 11.3. The Labute approximate surface area is 197 Å². The number of nitrogens with zero attached hydrogens (tertiary/aromatic N) is 4. The van der Waals surface area contributed by atoms with Gasteiger partial charge in [0.05, 0.1) is 19.7 Å². The molecule has 34 heavy (non-hydrogen) atoms. The van der Waals surface area contributed by atoms with Gasteiger partial charge in [0.2, 0.25) is 5.91 Å². The summed E-state index contributed by atoms with van der Waals surface area (Å²) in [6.07, 6.45) is 2.03. The minimum Gasteiger partial charge on any atom is -0.383 e. The van der Waals surface area contributed by atoms with E-state index in [0.29, 0.717) is 6.54 Å². The summed E-state index contributed by atoms with van der Waals surface area (Å²) < 4.78 is 8.64. The third-order valence-corrected chi connectivity index (χ3v) is 6.29. The number of rotatable bonds is 8. The third-order valence-electron chi connectivity index (χ3n) is 6.29. The summed E-state index contributed by atoms with van der Waals surface area (Å²) in [6, 6.07) is 13.4. The molecule has 10 nitrogen and oxygen atoms in total. The summed E-state index contributed by atoms with van der Waals surface area (Å²) in [4.78, 5) is 44.6. The SMILES string of the molecule is COCCN(C(=O)CN1CCn2cccc2C1C)c1c(N)n(Cc2ccccc2)c(=O)[nH]c1=O. The van der Waals surface area contributed by atoms with E-state index < -0.39 is 11.2 Å². The molecule has 1 atom stereocenters. The number of anilines is 2. The van der Waals surface area contributed by atoms with Crippen LogP contribution in [0.5, 0.6) is 0 Å². The van der Waals surface area contributed by atoms with Gasteiger partial charge in [-0.15, -0.1) is 0 Å². The summed E-state index contributed by atoms with van der Waals surface area (Å²) in [5.74, 6) is -0.339. The lowest BCUT2D eigenvalue weighted by molar-refractivity contribution is -0.120. The van der Waals surface area contributed by atoms with Crippen molar-refractivity contribution in [1.29, 1.82) is 0 Å². The lowest BCUT2D eigenvalue weighted by Crippen LogP contribution is -2.48. The van der Waals surface area contributed by atoms with Crippen molar-refractivity contribution in [1.82, 2.24) is 19.0 Å². The van der Waals surface area contributed by atoms with Gasteiger partial charge in [-0.3, -0.25) is 24.0 Å². The minimum atomic E-state index is -0.697. The van der Waals surface area contributed by atoms with Gasteiger partial charge in [0.15, 0.2) is 5.69 Å². The Bertz CT molecular complexity index is 1260. The molecule has 4 rings (SSSR count). The number of hydrogen-bond donors (Lipinski definition) is 2. The van der Waals surface area contributed by atoms with Crippen molar-refractivity contribution in [3.05, 3.63) is 80.8 Å². The Kier molecular flexibility index (Phi) is 6.99. The Morgan fingerprint density at radius 1 is 1.18 bits per heavy atom. The number of H-pyrrole nitrogens is 1. The molecule has 1 aliphatic heterocycles. The van der Waals surface area contributed by atoms with E-state index in [4.69, 9.17) is 10.5 Å². The first-order valence-corrected chi connectivity index (χ1v) is 11.3. The van der Waals surface area contributed by atoms with Gasteiger partial charge < -0.3 is 19.9 Å². The predicted octanol–water partition coefficient (Wildman–Crippen LogP) is 1.02. The van der Waals surface area contributed by atoms with E-state index >= 15 is 0 Å². The average molecular weight is 467 g/mol. The minimum absolute atomic E-state index is 0.0365. The second-order valence-electron chi connectivity index (χ2n) is 8.38. The number of carbonyl (C=O) groups excluding carboxylic acids is 1. The summed E-state index contributed by atoms with van der Waals surface area (Å²) in [6.45, 7) is 4.15. The molecule has 2 aromatic heterocycles. The fourth-order valence-electron chi connectivity index (χ4n) is 4.41. The van der Waals surface area contributed by atoms with E-state index in [0.717, 1.165) is 17.8 Å². The van der Waals surface area contributed by atoms with Gasteiger partial charge in [-0.05, 0) is 24.6 Å². The van der Waals surface area contributed by atoms with Crippen LogP contribution in [0.2, 0.25) is 0 Å². The second kappa shape index (κ2) is 10.1. The molecule has 0 saturated carbocycles. The van der Waals surface area contributed by atoms with Crippen molar-refractivity contribution in [2.24, 2.45) is 0 Å². The number of nitrogen functional groups attached to an aromatic ring is 1. The Morgan fingerprint density at radius 2 is 1.94 bits per heavy atom. The van der Waals surface area contributed by atoms with E-state index in [1.807, 2.05) is 48.7 Å². The molecule has 1 unspecified atom stereocenters. The van der Waals surface area contributed by atoms with Gasteiger partial charge in [-0.2, -0.15) is 0 Å². The highest BCUT2D eigenvalue weighted by atomic mass is 16.5. The maximum absolute atomic E-state index is 13.5. The molecule has 1 amide bonds. The normalized spacial score (nSPS) is 15.8. The lowest BCUT2D eigenvalue weighted by atomic mass is 10.1. The van der Waals surface area contributed by atoms with Crippen LogP contribution in [-0.2, 0) is 22.6 Å². The molecule has 3 aromatic rings. The Hall–Kier alpha value is -3.63. The zero-order chi connectivity index (χ0) is 24.2. The van der Waals surface area contributed by atoms with Crippen molar-refractivity contribution < 1.29 is 9.53 Å². The molecular formula is C24H30N6O4. The summed E-state index contributed by atoms with van der Waals surface area (Å²) >= 11 is 0. The number of nitrogens with two attached hydrogens (primary N) is 1. The van der Waals surface area contributed by atoms with Crippen LogP contribution < -0.4 is 21.9 Å². The number of amides is 1.